The predicted octanol–water partition coefficient (Wildman–Crippen LogP) is 0.580. The smallest absolute Gasteiger partial charge is 0.396 e. The van der Waals surface area contributed by atoms with Crippen molar-refractivity contribution in [2.24, 2.45) is 11.7 Å². The lowest BCUT2D eigenvalue weighted by Gasteiger charge is -2.28. The topological polar surface area (TPSA) is 49.5 Å². The van der Waals surface area contributed by atoms with Crippen LogP contribution in [0.1, 0.15) is 12.8 Å². The summed E-state index contributed by atoms with van der Waals surface area (Å²) in [6.07, 6.45) is -2.96. The SMILES string of the molecule is NCC(N1CCC(CCO)C1)C(F)(F)F. The quantitative estimate of drug-likeness (QED) is 0.737. The molecular weight excluding hydrogens is 209 g/mol. The number of likely N-dealkylation sites (tertiary alicyclic amines) is 1. The minimum absolute atomic E-state index is 0.0395. The van der Waals surface area contributed by atoms with Gasteiger partial charge in [0.1, 0.15) is 6.04 Å². The molecule has 3 N–H and O–H groups in total. The second kappa shape index (κ2) is 5.14. The fourth-order valence-corrected chi connectivity index (χ4v) is 2.05. The molecule has 0 saturated carbocycles. The molecule has 0 aliphatic carbocycles. The number of halogens is 3. The summed E-state index contributed by atoms with van der Waals surface area (Å²) in [6.45, 7) is 0.459. The number of nitrogens with two attached hydrogens (primary N) is 1. The van der Waals surface area contributed by atoms with Crippen molar-refractivity contribution in [2.75, 3.05) is 26.2 Å². The molecule has 1 heterocycles. The van der Waals surface area contributed by atoms with Gasteiger partial charge in [0.25, 0.3) is 0 Å². The third-order valence-corrected chi connectivity index (χ3v) is 2.90. The van der Waals surface area contributed by atoms with Crippen LogP contribution in [0.4, 0.5) is 13.2 Å². The van der Waals surface area contributed by atoms with Crippen LogP contribution in [0, 0.1) is 5.92 Å². The highest BCUT2D eigenvalue weighted by Gasteiger charge is 2.44. The maximum Gasteiger partial charge on any atom is 0.405 e. The van der Waals surface area contributed by atoms with Gasteiger partial charge in [-0.05, 0) is 25.3 Å². The van der Waals surface area contributed by atoms with Crippen molar-refractivity contribution in [2.45, 2.75) is 25.1 Å². The summed E-state index contributed by atoms with van der Waals surface area (Å²) < 4.78 is 37.5. The van der Waals surface area contributed by atoms with Crippen LogP contribution < -0.4 is 5.73 Å². The van der Waals surface area contributed by atoms with Gasteiger partial charge < -0.3 is 10.8 Å². The standard InChI is InChI=1S/C9H17F3N2O/c10-9(11,12)8(5-13)14-3-1-7(6-14)2-4-15/h7-8,15H,1-6,13H2. The lowest BCUT2D eigenvalue weighted by molar-refractivity contribution is -0.178. The van der Waals surface area contributed by atoms with Crippen LogP contribution in [0.2, 0.25) is 0 Å². The first-order chi connectivity index (χ1) is 6.99. The maximum absolute atomic E-state index is 12.5. The Hall–Kier alpha value is -0.330. The van der Waals surface area contributed by atoms with Crippen LogP contribution in [-0.4, -0.2) is 48.5 Å². The van der Waals surface area contributed by atoms with Gasteiger partial charge in [0, 0.05) is 19.7 Å². The van der Waals surface area contributed by atoms with Gasteiger partial charge in [-0.25, -0.2) is 0 Å². The molecule has 6 heteroatoms. The van der Waals surface area contributed by atoms with Gasteiger partial charge in [-0.1, -0.05) is 0 Å². The number of alkyl halides is 3. The second-order valence-electron chi connectivity index (χ2n) is 3.96. The van der Waals surface area contributed by atoms with Crippen LogP contribution in [-0.2, 0) is 0 Å². The third-order valence-electron chi connectivity index (χ3n) is 2.90. The lowest BCUT2D eigenvalue weighted by Crippen LogP contribution is -2.49. The number of nitrogens with zero attached hydrogens (tertiary/aromatic N) is 1. The normalized spacial score (nSPS) is 25.8. The minimum atomic E-state index is -4.25. The molecule has 0 aromatic rings. The Kier molecular flexibility index (Phi) is 4.36. The molecule has 2 atom stereocenters. The fraction of sp³-hybridized carbons (Fsp3) is 1.00. The molecule has 0 amide bonds. The maximum atomic E-state index is 12.5. The molecule has 0 spiro atoms. The van der Waals surface area contributed by atoms with Crippen molar-refractivity contribution >= 4 is 0 Å². The van der Waals surface area contributed by atoms with Gasteiger partial charge in [0.2, 0.25) is 0 Å². The Morgan fingerprint density at radius 2 is 2.13 bits per heavy atom. The van der Waals surface area contributed by atoms with Crippen molar-refractivity contribution in [3.63, 3.8) is 0 Å². The van der Waals surface area contributed by atoms with Gasteiger partial charge in [-0.2, -0.15) is 13.2 Å². The summed E-state index contributed by atoms with van der Waals surface area (Å²) in [5.74, 6) is 0.173. The number of aliphatic hydroxyl groups is 1. The molecule has 3 nitrogen and oxygen atoms in total. The van der Waals surface area contributed by atoms with Gasteiger partial charge in [0.05, 0.1) is 0 Å². The van der Waals surface area contributed by atoms with Gasteiger partial charge in [0.15, 0.2) is 0 Å². The minimum Gasteiger partial charge on any atom is -0.396 e. The Morgan fingerprint density at radius 3 is 2.60 bits per heavy atom. The first-order valence-electron chi connectivity index (χ1n) is 5.10. The van der Waals surface area contributed by atoms with Crippen molar-refractivity contribution in [1.82, 2.24) is 4.90 Å². The molecule has 0 radical (unpaired) electrons. The van der Waals surface area contributed by atoms with Crippen LogP contribution in [0.3, 0.4) is 0 Å². The number of hydrogen-bond donors (Lipinski definition) is 2. The molecule has 90 valence electrons. The van der Waals surface area contributed by atoms with E-state index in [1.165, 1.54) is 4.90 Å². The van der Waals surface area contributed by atoms with E-state index >= 15 is 0 Å². The van der Waals surface area contributed by atoms with E-state index in [0.717, 1.165) is 0 Å². The van der Waals surface area contributed by atoms with E-state index in [1.807, 2.05) is 0 Å². The molecule has 1 fully saturated rings. The average Bonchev–Trinajstić information content (AvgIpc) is 2.52. The molecule has 0 aromatic heterocycles. The largest absolute Gasteiger partial charge is 0.405 e. The monoisotopic (exact) mass is 226 g/mol. The fourth-order valence-electron chi connectivity index (χ4n) is 2.05. The van der Waals surface area contributed by atoms with Gasteiger partial charge in [-0.15, -0.1) is 0 Å². The molecule has 1 aliphatic heterocycles. The Bertz CT molecular complexity index is 198. The molecule has 2 unspecified atom stereocenters. The molecule has 1 aliphatic rings. The number of rotatable bonds is 4. The number of aliphatic hydroxyl groups excluding tert-OH is 1. The summed E-state index contributed by atoms with van der Waals surface area (Å²) in [5, 5.41) is 8.70. The van der Waals surface area contributed by atoms with E-state index < -0.39 is 18.8 Å². The van der Waals surface area contributed by atoms with E-state index in [2.05, 4.69) is 0 Å². The Labute approximate surface area is 87.0 Å². The second-order valence-corrected chi connectivity index (χ2v) is 3.96. The van der Waals surface area contributed by atoms with Crippen molar-refractivity contribution in [1.29, 1.82) is 0 Å². The summed E-state index contributed by atoms with van der Waals surface area (Å²) in [6, 6.07) is -1.53. The highest BCUT2D eigenvalue weighted by atomic mass is 19.4. The van der Waals surface area contributed by atoms with E-state index in [-0.39, 0.29) is 12.5 Å². The van der Waals surface area contributed by atoms with Crippen LogP contribution >= 0.6 is 0 Å². The summed E-state index contributed by atoms with van der Waals surface area (Å²) in [7, 11) is 0. The Morgan fingerprint density at radius 1 is 1.47 bits per heavy atom. The van der Waals surface area contributed by atoms with Crippen LogP contribution in [0.25, 0.3) is 0 Å². The first-order valence-corrected chi connectivity index (χ1v) is 5.10. The van der Waals surface area contributed by atoms with Crippen LogP contribution in [0.5, 0.6) is 0 Å². The molecule has 0 bridgehead atoms. The molecule has 15 heavy (non-hydrogen) atoms. The molecular formula is C9H17F3N2O. The van der Waals surface area contributed by atoms with Crippen LogP contribution in [0.15, 0.2) is 0 Å². The van der Waals surface area contributed by atoms with Gasteiger partial charge >= 0.3 is 6.18 Å². The zero-order valence-electron chi connectivity index (χ0n) is 8.50. The van der Waals surface area contributed by atoms with Crippen molar-refractivity contribution < 1.29 is 18.3 Å². The third kappa shape index (κ3) is 3.32. The number of hydrogen-bond acceptors (Lipinski definition) is 3. The first kappa shape index (κ1) is 12.7. The highest BCUT2D eigenvalue weighted by Crippen LogP contribution is 2.29. The van der Waals surface area contributed by atoms with Crippen molar-refractivity contribution in [3.8, 4) is 0 Å². The predicted molar refractivity (Wildman–Crippen MR) is 50.3 cm³/mol. The van der Waals surface area contributed by atoms with Gasteiger partial charge in [-0.3, -0.25) is 4.90 Å². The molecule has 1 saturated heterocycles. The zero-order valence-corrected chi connectivity index (χ0v) is 8.50. The lowest BCUT2D eigenvalue weighted by atomic mass is 10.1. The van der Waals surface area contributed by atoms with E-state index in [4.69, 9.17) is 10.8 Å². The zero-order chi connectivity index (χ0) is 11.5. The summed E-state index contributed by atoms with van der Waals surface area (Å²) in [4.78, 5) is 1.38. The summed E-state index contributed by atoms with van der Waals surface area (Å²) >= 11 is 0. The highest BCUT2D eigenvalue weighted by molar-refractivity contribution is 4.86. The molecule has 0 aromatic carbocycles. The van der Waals surface area contributed by atoms with E-state index in [1.54, 1.807) is 0 Å². The summed E-state index contributed by atoms with van der Waals surface area (Å²) in [5.41, 5.74) is 5.15. The van der Waals surface area contributed by atoms with Crippen molar-refractivity contribution in [3.05, 3.63) is 0 Å². The molecule has 1 rings (SSSR count). The van der Waals surface area contributed by atoms with E-state index in [0.29, 0.717) is 25.9 Å². The van der Waals surface area contributed by atoms with E-state index in [9.17, 15) is 13.2 Å². The Balaban J connectivity index is 2.50. The average molecular weight is 226 g/mol.